The standard InChI is InChI=1S/C9H14N2.2C2H6/c1-6(2)9-7(3)8(4)10-5-11-9;2*1-2/h5-6H,1-4H3;2*1-2H3. The maximum atomic E-state index is 4.23. The monoisotopic (exact) mass is 210 g/mol. The molecule has 0 spiro atoms. The molecule has 0 atom stereocenters. The Morgan fingerprint density at radius 1 is 0.933 bits per heavy atom. The predicted molar refractivity (Wildman–Crippen MR) is 68.3 cm³/mol. The molecule has 1 rings (SSSR count). The fourth-order valence-corrected chi connectivity index (χ4v) is 1.14. The summed E-state index contributed by atoms with van der Waals surface area (Å²) in [5.74, 6) is 0.497. The molecule has 0 aliphatic carbocycles. The molecule has 2 heteroatoms. The number of nitrogens with zero attached hydrogens (tertiary/aromatic N) is 2. The van der Waals surface area contributed by atoms with Gasteiger partial charge in [-0.25, -0.2) is 9.97 Å². The van der Waals surface area contributed by atoms with Crippen LogP contribution in [0.3, 0.4) is 0 Å². The third kappa shape index (κ3) is 5.50. The highest BCUT2D eigenvalue weighted by atomic mass is 14.8. The third-order valence-corrected chi connectivity index (χ3v) is 1.92. The minimum absolute atomic E-state index is 0.497. The van der Waals surface area contributed by atoms with Gasteiger partial charge in [0, 0.05) is 11.4 Å². The molecule has 88 valence electrons. The molecule has 0 saturated carbocycles. The van der Waals surface area contributed by atoms with Gasteiger partial charge in [-0.15, -0.1) is 0 Å². The van der Waals surface area contributed by atoms with Gasteiger partial charge >= 0.3 is 0 Å². The van der Waals surface area contributed by atoms with Crippen LogP contribution in [0, 0.1) is 13.8 Å². The van der Waals surface area contributed by atoms with E-state index in [2.05, 4.69) is 30.7 Å². The average Bonchev–Trinajstić information content (AvgIpc) is 2.27. The van der Waals surface area contributed by atoms with Crippen molar-refractivity contribution >= 4 is 0 Å². The van der Waals surface area contributed by atoms with Gasteiger partial charge in [-0.3, -0.25) is 0 Å². The third-order valence-electron chi connectivity index (χ3n) is 1.92. The molecule has 0 aliphatic rings. The molecule has 0 aromatic carbocycles. The fourth-order valence-electron chi connectivity index (χ4n) is 1.14. The van der Waals surface area contributed by atoms with Crippen LogP contribution >= 0.6 is 0 Å². The summed E-state index contributed by atoms with van der Waals surface area (Å²) >= 11 is 0. The normalized spacial score (nSPS) is 8.60. The van der Waals surface area contributed by atoms with E-state index in [4.69, 9.17) is 0 Å². The molecule has 1 heterocycles. The van der Waals surface area contributed by atoms with E-state index in [1.165, 1.54) is 5.56 Å². The van der Waals surface area contributed by atoms with E-state index in [0.717, 1.165) is 11.4 Å². The molecule has 0 fully saturated rings. The lowest BCUT2D eigenvalue weighted by atomic mass is 10.0. The number of hydrogen-bond donors (Lipinski definition) is 0. The Labute approximate surface area is 95.2 Å². The molecule has 15 heavy (non-hydrogen) atoms. The molecule has 0 saturated heterocycles. The number of rotatable bonds is 1. The SMILES string of the molecule is CC.CC.Cc1ncnc(C(C)C)c1C. The largest absolute Gasteiger partial charge is 0.241 e. The van der Waals surface area contributed by atoms with Crippen LogP contribution in [0.15, 0.2) is 6.33 Å². The average molecular weight is 210 g/mol. The van der Waals surface area contributed by atoms with Crippen LogP contribution < -0.4 is 0 Å². The van der Waals surface area contributed by atoms with E-state index in [1.54, 1.807) is 6.33 Å². The Balaban J connectivity index is 0. The number of aromatic nitrogens is 2. The second kappa shape index (κ2) is 9.63. The van der Waals surface area contributed by atoms with Gasteiger partial charge in [-0.1, -0.05) is 41.5 Å². The molecular weight excluding hydrogens is 184 g/mol. The van der Waals surface area contributed by atoms with Crippen LogP contribution in [0.4, 0.5) is 0 Å². The summed E-state index contributed by atoms with van der Waals surface area (Å²) in [6.07, 6.45) is 1.64. The second-order valence-corrected chi connectivity index (χ2v) is 3.12. The van der Waals surface area contributed by atoms with Crippen molar-refractivity contribution < 1.29 is 0 Å². The van der Waals surface area contributed by atoms with Crippen molar-refractivity contribution in [1.29, 1.82) is 0 Å². The minimum Gasteiger partial charge on any atom is -0.241 e. The van der Waals surface area contributed by atoms with Gasteiger partial charge < -0.3 is 0 Å². The summed E-state index contributed by atoms with van der Waals surface area (Å²) in [7, 11) is 0. The van der Waals surface area contributed by atoms with E-state index < -0.39 is 0 Å². The van der Waals surface area contributed by atoms with E-state index in [9.17, 15) is 0 Å². The van der Waals surface area contributed by atoms with Crippen molar-refractivity contribution in [3.8, 4) is 0 Å². The summed E-state index contributed by atoms with van der Waals surface area (Å²) in [5, 5.41) is 0. The number of aryl methyl sites for hydroxylation is 1. The first-order chi connectivity index (χ1) is 7.13. The van der Waals surface area contributed by atoms with Gasteiger partial charge in [0.1, 0.15) is 6.33 Å². The zero-order chi connectivity index (χ0) is 12.4. The van der Waals surface area contributed by atoms with E-state index >= 15 is 0 Å². The minimum atomic E-state index is 0.497. The molecule has 1 aromatic heterocycles. The van der Waals surface area contributed by atoms with Crippen LogP contribution in [-0.4, -0.2) is 9.97 Å². The molecule has 0 bridgehead atoms. The molecule has 0 unspecified atom stereocenters. The fraction of sp³-hybridized carbons (Fsp3) is 0.692. The lowest BCUT2D eigenvalue weighted by Crippen LogP contribution is -2.00. The van der Waals surface area contributed by atoms with Crippen LogP contribution in [0.5, 0.6) is 0 Å². The van der Waals surface area contributed by atoms with Crippen molar-refractivity contribution in [3.63, 3.8) is 0 Å². The Morgan fingerprint density at radius 2 is 1.40 bits per heavy atom. The van der Waals surface area contributed by atoms with E-state index in [0.29, 0.717) is 5.92 Å². The topological polar surface area (TPSA) is 25.8 Å². The Hall–Kier alpha value is -0.920. The Bertz CT molecular complexity index is 255. The van der Waals surface area contributed by atoms with Gasteiger partial charge in [0.05, 0.1) is 0 Å². The first-order valence-electron chi connectivity index (χ1n) is 5.91. The molecule has 0 N–H and O–H groups in total. The predicted octanol–water partition coefficient (Wildman–Crippen LogP) is 4.27. The van der Waals surface area contributed by atoms with Crippen LogP contribution in [0.1, 0.15) is 64.4 Å². The summed E-state index contributed by atoms with van der Waals surface area (Å²) in [6.45, 7) is 16.4. The zero-order valence-corrected chi connectivity index (χ0v) is 11.5. The summed E-state index contributed by atoms with van der Waals surface area (Å²) in [6, 6.07) is 0. The van der Waals surface area contributed by atoms with Crippen molar-refractivity contribution in [3.05, 3.63) is 23.3 Å². The molecular formula is C13H26N2. The lowest BCUT2D eigenvalue weighted by Gasteiger charge is -2.08. The van der Waals surface area contributed by atoms with Crippen molar-refractivity contribution in [1.82, 2.24) is 9.97 Å². The highest BCUT2D eigenvalue weighted by Crippen LogP contribution is 2.16. The van der Waals surface area contributed by atoms with E-state index in [1.807, 2.05) is 34.6 Å². The van der Waals surface area contributed by atoms with Gasteiger partial charge in [0.25, 0.3) is 0 Å². The summed E-state index contributed by atoms with van der Waals surface area (Å²) in [5.41, 5.74) is 3.48. The smallest absolute Gasteiger partial charge is 0.115 e. The van der Waals surface area contributed by atoms with Gasteiger partial charge in [0.15, 0.2) is 0 Å². The van der Waals surface area contributed by atoms with Crippen LogP contribution in [0.25, 0.3) is 0 Å². The maximum absolute atomic E-state index is 4.23. The maximum Gasteiger partial charge on any atom is 0.115 e. The van der Waals surface area contributed by atoms with Gasteiger partial charge in [-0.2, -0.15) is 0 Å². The lowest BCUT2D eigenvalue weighted by molar-refractivity contribution is 0.794. The zero-order valence-electron chi connectivity index (χ0n) is 11.5. The van der Waals surface area contributed by atoms with Crippen molar-refractivity contribution in [2.75, 3.05) is 0 Å². The first-order valence-corrected chi connectivity index (χ1v) is 5.91. The Morgan fingerprint density at radius 3 is 1.73 bits per heavy atom. The van der Waals surface area contributed by atoms with Crippen molar-refractivity contribution in [2.45, 2.75) is 61.3 Å². The molecule has 0 radical (unpaired) electrons. The Kier molecular flexibility index (Phi) is 10.6. The van der Waals surface area contributed by atoms with Crippen molar-refractivity contribution in [2.24, 2.45) is 0 Å². The molecule has 0 aliphatic heterocycles. The van der Waals surface area contributed by atoms with E-state index in [-0.39, 0.29) is 0 Å². The molecule has 2 nitrogen and oxygen atoms in total. The quantitative estimate of drug-likeness (QED) is 0.691. The highest BCUT2D eigenvalue weighted by molar-refractivity contribution is 5.23. The summed E-state index contributed by atoms with van der Waals surface area (Å²) in [4.78, 5) is 8.34. The molecule has 0 amide bonds. The number of hydrogen-bond acceptors (Lipinski definition) is 2. The highest BCUT2D eigenvalue weighted by Gasteiger charge is 2.05. The molecule has 1 aromatic rings. The first kappa shape index (κ1) is 16.5. The van der Waals surface area contributed by atoms with Crippen LogP contribution in [-0.2, 0) is 0 Å². The van der Waals surface area contributed by atoms with Gasteiger partial charge in [-0.05, 0) is 25.3 Å². The summed E-state index contributed by atoms with van der Waals surface area (Å²) < 4.78 is 0. The van der Waals surface area contributed by atoms with Crippen LogP contribution in [0.2, 0.25) is 0 Å². The van der Waals surface area contributed by atoms with Gasteiger partial charge in [0.2, 0.25) is 0 Å². The second-order valence-electron chi connectivity index (χ2n) is 3.12.